The molecule has 3 rings (SSSR count). The zero-order valence-electron chi connectivity index (χ0n) is 12.8. The summed E-state index contributed by atoms with van der Waals surface area (Å²) in [5, 5.41) is 0. The highest BCUT2D eigenvalue weighted by Crippen LogP contribution is 2.32. The van der Waals surface area contributed by atoms with Crippen LogP contribution in [0.5, 0.6) is 0 Å². The number of halogens is 3. The topological polar surface area (TPSA) is 77.7 Å². The van der Waals surface area contributed by atoms with E-state index in [2.05, 4.69) is 15.0 Å². The number of nitrogens with zero attached hydrogens (tertiary/aromatic N) is 4. The molecule has 25 heavy (non-hydrogen) atoms. The molecule has 0 fully saturated rings. The van der Waals surface area contributed by atoms with Crippen LogP contribution in [0, 0.1) is 0 Å². The first-order valence-electron chi connectivity index (χ1n) is 6.90. The van der Waals surface area contributed by atoms with E-state index in [-0.39, 0.29) is 16.4 Å². The molecule has 0 saturated heterocycles. The molecule has 2 heterocycles. The first-order chi connectivity index (χ1) is 11.7. The molecule has 0 spiro atoms. The van der Waals surface area contributed by atoms with Gasteiger partial charge >= 0.3 is 6.18 Å². The maximum atomic E-state index is 13.0. The molecule has 3 aromatic rings. The average molecular weight is 368 g/mol. The van der Waals surface area contributed by atoms with Crippen LogP contribution in [0.15, 0.2) is 53.9 Å². The highest BCUT2D eigenvalue weighted by molar-refractivity contribution is 7.90. The zero-order chi connectivity index (χ0) is 18.2. The van der Waals surface area contributed by atoms with Gasteiger partial charge in [-0.15, -0.1) is 0 Å². The molecule has 6 nitrogen and oxygen atoms in total. The van der Waals surface area contributed by atoms with Gasteiger partial charge < -0.3 is 0 Å². The first kappa shape index (κ1) is 17.1. The van der Waals surface area contributed by atoms with Gasteiger partial charge in [-0.05, 0) is 24.3 Å². The van der Waals surface area contributed by atoms with E-state index in [9.17, 15) is 21.6 Å². The van der Waals surface area contributed by atoms with Crippen molar-refractivity contribution in [2.24, 2.45) is 0 Å². The van der Waals surface area contributed by atoms with Crippen molar-refractivity contribution < 1.29 is 21.6 Å². The number of benzene rings is 1. The molecule has 0 aliphatic heterocycles. The van der Waals surface area contributed by atoms with E-state index in [1.54, 1.807) is 0 Å². The lowest BCUT2D eigenvalue weighted by Crippen LogP contribution is -2.05. The zero-order valence-corrected chi connectivity index (χ0v) is 13.6. The van der Waals surface area contributed by atoms with Crippen LogP contribution < -0.4 is 0 Å². The van der Waals surface area contributed by atoms with Crippen LogP contribution in [0.4, 0.5) is 13.2 Å². The van der Waals surface area contributed by atoms with Crippen LogP contribution in [-0.2, 0) is 16.0 Å². The summed E-state index contributed by atoms with van der Waals surface area (Å²) >= 11 is 0. The van der Waals surface area contributed by atoms with Crippen molar-refractivity contribution in [3.63, 3.8) is 0 Å². The van der Waals surface area contributed by atoms with Crippen molar-refractivity contribution >= 4 is 9.84 Å². The molecule has 2 aromatic heterocycles. The van der Waals surface area contributed by atoms with Crippen molar-refractivity contribution in [2.75, 3.05) is 6.26 Å². The Labute approximate surface area is 140 Å². The number of sulfone groups is 1. The summed E-state index contributed by atoms with van der Waals surface area (Å²) in [5.74, 6) is -0.0486. The quantitative estimate of drug-likeness (QED) is 0.710. The van der Waals surface area contributed by atoms with Gasteiger partial charge in [0.1, 0.15) is 5.69 Å². The van der Waals surface area contributed by atoms with Gasteiger partial charge in [0.05, 0.1) is 11.1 Å². The fraction of sp³-hybridized carbons (Fsp3) is 0.133. The molecule has 0 aliphatic rings. The molecule has 0 radical (unpaired) electrons. The third kappa shape index (κ3) is 3.53. The van der Waals surface area contributed by atoms with Gasteiger partial charge in [0.25, 0.3) is 0 Å². The van der Waals surface area contributed by atoms with Crippen molar-refractivity contribution in [3.8, 4) is 17.2 Å². The highest BCUT2D eigenvalue weighted by atomic mass is 32.2. The summed E-state index contributed by atoms with van der Waals surface area (Å²) in [6.07, 6.45) is 1.28. The van der Waals surface area contributed by atoms with Crippen molar-refractivity contribution in [1.29, 1.82) is 0 Å². The van der Waals surface area contributed by atoms with Crippen LogP contribution in [0.1, 0.15) is 5.69 Å². The molecular weight excluding hydrogens is 357 g/mol. The van der Waals surface area contributed by atoms with Crippen LogP contribution >= 0.6 is 0 Å². The Morgan fingerprint density at radius 1 is 1.08 bits per heavy atom. The third-order valence-electron chi connectivity index (χ3n) is 3.33. The molecule has 0 unspecified atom stereocenters. The van der Waals surface area contributed by atoms with E-state index >= 15 is 0 Å². The second-order valence-corrected chi connectivity index (χ2v) is 7.19. The fourth-order valence-corrected chi connectivity index (χ4v) is 2.79. The Morgan fingerprint density at radius 2 is 1.76 bits per heavy atom. The number of alkyl halides is 3. The fourth-order valence-electron chi connectivity index (χ4n) is 2.16. The molecule has 10 heteroatoms. The minimum absolute atomic E-state index is 0.0486. The van der Waals surface area contributed by atoms with Crippen LogP contribution in [0.3, 0.4) is 0 Å². The maximum Gasteiger partial charge on any atom is 0.434 e. The molecule has 0 bridgehead atoms. The van der Waals surface area contributed by atoms with E-state index in [0.717, 1.165) is 12.5 Å². The van der Waals surface area contributed by atoms with E-state index in [4.69, 9.17) is 0 Å². The second kappa shape index (κ2) is 5.96. The van der Waals surface area contributed by atoms with Gasteiger partial charge in [0.2, 0.25) is 0 Å². The number of imidazole rings is 1. The normalized spacial score (nSPS) is 12.3. The second-order valence-electron chi connectivity index (χ2n) is 5.17. The van der Waals surface area contributed by atoms with Crippen LogP contribution in [-0.4, -0.2) is 34.2 Å². The monoisotopic (exact) mass is 368 g/mol. The molecule has 0 amide bonds. The van der Waals surface area contributed by atoms with Crippen molar-refractivity contribution in [2.45, 2.75) is 11.1 Å². The largest absolute Gasteiger partial charge is 0.434 e. The standard InChI is InChI=1S/C15H11F3N4O2S/c1-25(23,24)11-4-2-10(3-5-11)22-9-13(15(16,17)18)21-14(22)12-8-19-6-7-20-12/h2-9H,1H3. The van der Waals surface area contributed by atoms with Gasteiger partial charge in [-0.2, -0.15) is 13.2 Å². The molecule has 0 aliphatic carbocycles. The SMILES string of the molecule is CS(=O)(=O)c1ccc(-n2cc(C(F)(F)F)nc2-c2cnccn2)cc1. The first-order valence-corrected chi connectivity index (χ1v) is 8.79. The maximum absolute atomic E-state index is 13.0. The summed E-state index contributed by atoms with van der Waals surface area (Å²) in [6, 6.07) is 5.44. The van der Waals surface area contributed by atoms with Crippen molar-refractivity contribution in [3.05, 3.63) is 54.7 Å². The molecule has 130 valence electrons. The van der Waals surface area contributed by atoms with E-state index in [1.165, 1.54) is 47.4 Å². The van der Waals surface area contributed by atoms with Crippen LogP contribution in [0.25, 0.3) is 17.2 Å². The number of rotatable bonds is 3. The molecular formula is C15H11F3N4O2S. The average Bonchev–Trinajstić information content (AvgIpc) is 3.00. The van der Waals surface area contributed by atoms with Gasteiger partial charge in [-0.3, -0.25) is 9.55 Å². The Morgan fingerprint density at radius 3 is 2.28 bits per heavy atom. The Kier molecular flexibility index (Phi) is 4.07. The van der Waals surface area contributed by atoms with Gasteiger partial charge in [0, 0.05) is 30.5 Å². The van der Waals surface area contributed by atoms with Crippen LogP contribution in [0.2, 0.25) is 0 Å². The molecule has 0 atom stereocenters. The van der Waals surface area contributed by atoms with Gasteiger partial charge in [-0.1, -0.05) is 0 Å². The predicted octanol–water partition coefficient (Wildman–Crippen LogP) is 2.75. The lowest BCUT2D eigenvalue weighted by atomic mass is 10.3. The van der Waals surface area contributed by atoms with E-state index in [1.807, 2.05) is 0 Å². The molecule has 1 aromatic carbocycles. The minimum Gasteiger partial charge on any atom is -0.298 e. The Hall–Kier alpha value is -2.75. The Balaban J connectivity index is 2.16. The molecule has 0 saturated carbocycles. The lowest BCUT2D eigenvalue weighted by Gasteiger charge is -2.07. The summed E-state index contributed by atoms with van der Waals surface area (Å²) in [6.45, 7) is 0. The highest BCUT2D eigenvalue weighted by Gasteiger charge is 2.35. The minimum atomic E-state index is -4.63. The Bertz CT molecular complexity index is 998. The number of hydrogen-bond acceptors (Lipinski definition) is 5. The summed E-state index contributed by atoms with van der Waals surface area (Å²) in [4.78, 5) is 11.5. The summed E-state index contributed by atoms with van der Waals surface area (Å²) < 4.78 is 63.4. The van der Waals surface area contributed by atoms with Crippen molar-refractivity contribution in [1.82, 2.24) is 19.5 Å². The van der Waals surface area contributed by atoms with Gasteiger partial charge in [0.15, 0.2) is 21.4 Å². The predicted molar refractivity (Wildman–Crippen MR) is 82.7 cm³/mol. The smallest absolute Gasteiger partial charge is 0.298 e. The number of hydrogen-bond donors (Lipinski definition) is 0. The van der Waals surface area contributed by atoms with E-state index < -0.39 is 21.7 Å². The molecule has 0 N–H and O–H groups in total. The summed E-state index contributed by atoms with van der Waals surface area (Å²) in [5.41, 5.74) is -0.610. The van der Waals surface area contributed by atoms with Gasteiger partial charge in [-0.25, -0.2) is 18.4 Å². The summed E-state index contributed by atoms with van der Waals surface area (Å²) in [7, 11) is -3.41. The third-order valence-corrected chi connectivity index (χ3v) is 4.46. The van der Waals surface area contributed by atoms with E-state index in [0.29, 0.717) is 5.69 Å². The lowest BCUT2D eigenvalue weighted by molar-refractivity contribution is -0.140. The number of aromatic nitrogens is 4.